The van der Waals surface area contributed by atoms with Gasteiger partial charge in [-0.2, -0.15) is 0 Å². The Labute approximate surface area is 139 Å². The number of ketones is 1. The molecule has 1 aliphatic rings. The molecular weight excluding hydrogens is 314 g/mol. The molecule has 2 aromatic carbocycles. The Hall–Kier alpha value is -2.33. The van der Waals surface area contributed by atoms with Crippen LogP contribution < -0.4 is 9.64 Å². The van der Waals surface area contributed by atoms with Gasteiger partial charge in [-0.05, 0) is 29.8 Å². The van der Waals surface area contributed by atoms with Gasteiger partial charge in [0, 0.05) is 17.0 Å². The molecule has 0 spiro atoms. The molecule has 0 atom stereocenters. The highest BCUT2D eigenvalue weighted by Crippen LogP contribution is 2.35. The Bertz CT molecular complexity index is 773. The largest absolute Gasteiger partial charge is 0.482 e. The summed E-state index contributed by atoms with van der Waals surface area (Å²) in [5.74, 6) is 0.478. The Morgan fingerprint density at radius 3 is 2.78 bits per heavy atom. The van der Waals surface area contributed by atoms with Crippen molar-refractivity contribution in [1.29, 1.82) is 0 Å². The van der Waals surface area contributed by atoms with Crippen LogP contribution in [0.5, 0.6) is 5.75 Å². The summed E-state index contributed by atoms with van der Waals surface area (Å²) in [6, 6.07) is 12.6. The third-order valence-corrected chi connectivity index (χ3v) is 4.20. The molecule has 1 aliphatic heterocycles. The van der Waals surface area contributed by atoms with Crippen LogP contribution in [-0.2, 0) is 11.3 Å². The first kappa shape index (κ1) is 15.6. The van der Waals surface area contributed by atoms with Gasteiger partial charge in [0.2, 0.25) is 0 Å². The van der Waals surface area contributed by atoms with Gasteiger partial charge in [0.25, 0.3) is 5.91 Å². The molecule has 3 rings (SSSR count). The number of anilines is 1. The van der Waals surface area contributed by atoms with Crippen LogP contribution in [0.25, 0.3) is 0 Å². The SMILES string of the molecule is CCC(=O)c1ccc2c(c1)N(Cc1ccccc1Cl)C(=O)CO2. The smallest absolute Gasteiger partial charge is 0.265 e. The topological polar surface area (TPSA) is 46.6 Å². The number of benzene rings is 2. The number of Topliss-reactive ketones (excluding diaryl/α,β-unsaturated/α-hetero) is 1. The van der Waals surface area contributed by atoms with E-state index in [9.17, 15) is 9.59 Å². The predicted molar refractivity (Wildman–Crippen MR) is 89.2 cm³/mol. The van der Waals surface area contributed by atoms with E-state index in [4.69, 9.17) is 16.3 Å². The number of hydrogen-bond donors (Lipinski definition) is 0. The molecule has 0 aliphatic carbocycles. The zero-order valence-corrected chi connectivity index (χ0v) is 13.5. The van der Waals surface area contributed by atoms with Gasteiger partial charge in [0.05, 0.1) is 12.2 Å². The number of halogens is 1. The molecule has 0 aromatic heterocycles. The number of hydrogen-bond acceptors (Lipinski definition) is 3. The first-order chi connectivity index (χ1) is 11.1. The highest BCUT2D eigenvalue weighted by molar-refractivity contribution is 6.31. The lowest BCUT2D eigenvalue weighted by atomic mass is 10.1. The third kappa shape index (κ3) is 3.08. The summed E-state index contributed by atoms with van der Waals surface area (Å²) in [4.78, 5) is 25.8. The van der Waals surface area contributed by atoms with Crippen LogP contribution in [0.3, 0.4) is 0 Å². The van der Waals surface area contributed by atoms with Crippen LogP contribution in [-0.4, -0.2) is 18.3 Å². The minimum atomic E-state index is -0.154. The van der Waals surface area contributed by atoms with E-state index in [1.807, 2.05) is 25.1 Å². The standard InChI is InChI=1S/C18H16ClNO3/c1-2-16(21)12-7-8-17-15(9-12)20(18(22)11-23-17)10-13-5-3-4-6-14(13)19/h3-9H,2,10-11H2,1H3. The van der Waals surface area contributed by atoms with Gasteiger partial charge in [0.15, 0.2) is 12.4 Å². The van der Waals surface area contributed by atoms with Gasteiger partial charge in [-0.1, -0.05) is 36.7 Å². The molecule has 0 N–H and O–H groups in total. The lowest BCUT2D eigenvalue weighted by molar-refractivity contribution is -0.121. The average Bonchev–Trinajstić information content (AvgIpc) is 2.58. The summed E-state index contributed by atoms with van der Waals surface area (Å²) >= 11 is 6.20. The van der Waals surface area contributed by atoms with E-state index in [0.717, 1.165) is 5.56 Å². The first-order valence-corrected chi connectivity index (χ1v) is 7.81. The van der Waals surface area contributed by atoms with Crippen LogP contribution in [0, 0.1) is 0 Å². The second kappa shape index (κ2) is 6.42. The second-order valence-corrected chi connectivity index (χ2v) is 5.73. The molecule has 2 aromatic rings. The van der Waals surface area contributed by atoms with E-state index in [0.29, 0.717) is 35.0 Å². The van der Waals surface area contributed by atoms with Crippen molar-refractivity contribution >= 4 is 29.0 Å². The fraction of sp³-hybridized carbons (Fsp3) is 0.222. The zero-order chi connectivity index (χ0) is 16.4. The van der Waals surface area contributed by atoms with Crippen molar-refractivity contribution in [3.63, 3.8) is 0 Å². The monoisotopic (exact) mass is 329 g/mol. The van der Waals surface area contributed by atoms with Gasteiger partial charge >= 0.3 is 0 Å². The number of carbonyl (C=O) groups excluding carboxylic acids is 2. The summed E-state index contributed by atoms with van der Waals surface area (Å²) in [5.41, 5.74) is 2.04. The maximum atomic E-state index is 12.3. The van der Waals surface area contributed by atoms with Crippen LogP contribution in [0.15, 0.2) is 42.5 Å². The summed E-state index contributed by atoms with van der Waals surface area (Å²) in [6.45, 7) is 2.14. The first-order valence-electron chi connectivity index (χ1n) is 7.44. The van der Waals surface area contributed by atoms with E-state index < -0.39 is 0 Å². The highest BCUT2D eigenvalue weighted by atomic mass is 35.5. The molecular formula is C18H16ClNO3. The van der Waals surface area contributed by atoms with Crippen molar-refractivity contribution in [2.24, 2.45) is 0 Å². The lowest BCUT2D eigenvalue weighted by Crippen LogP contribution is -2.38. The third-order valence-electron chi connectivity index (χ3n) is 3.83. The minimum absolute atomic E-state index is 0.0154. The molecule has 0 saturated carbocycles. The Morgan fingerprint density at radius 2 is 2.04 bits per heavy atom. The maximum absolute atomic E-state index is 12.3. The Balaban J connectivity index is 2.00. The van der Waals surface area contributed by atoms with Gasteiger partial charge < -0.3 is 9.64 Å². The predicted octanol–water partition coefficient (Wildman–Crippen LogP) is 3.86. The molecule has 0 bridgehead atoms. The number of fused-ring (bicyclic) bond motifs is 1. The van der Waals surface area contributed by atoms with Crippen LogP contribution in [0.4, 0.5) is 5.69 Å². The van der Waals surface area contributed by atoms with Gasteiger partial charge in [-0.25, -0.2) is 0 Å². The quantitative estimate of drug-likeness (QED) is 0.800. The van der Waals surface area contributed by atoms with Crippen LogP contribution >= 0.6 is 11.6 Å². The molecule has 1 heterocycles. The van der Waals surface area contributed by atoms with Gasteiger partial charge in [0.1, 0.15) is 5.75 Å². The van der Waals surface area contributed by atoms with Crippen molar-refractivity contribution in [3.05, 3.63) is 58.6 Å². The maximum Gasteiger partial charge on any atom is 0.265 e. The van der Waals surface area contributed by atoms with E-state index in [1.165, 1.54) is 0 Å². The molecule has 0 radical (unpaired) electrons. The van der Waals surface area contributed by atoms with Crippen LogP contribution in [0.2, 0.25) is 5.02 Å². The minimum Gasteiger partial charge on any atom is -0.482 e. The number of ether oxygens (including phenoxy) is 1. The lowest BCUT2D eigenvalue weighted by Gasteiger charge is -2.30. The summed E-state index contributed by atoms with van der Waals surface area (Å²) in [7, 11) is 0. The zero-order valence-electron chi connectivity index (χ0n) is 12.7. The number of rotatable bonds is 4. The molecule has 0 fully saturated rings. The van der Waals surface area contributed by atoms with E-state index in [2.05, 4.69) is 0 Å². The van der Waals surface area contributed by atoms with E-state index in [-0.39, 0.29) is 18.3 Å². The fourth-order valence-electron chi connectivity index (χ4n) is 2.55. The highest BCUT2D eigenvalue weighted by Gasteiger charge is 2.27. The number of amides is 1. The molecule has 118 valence electrons. The Kier molecular flexibility index (Phi) is 4.35. The molecule has 0 unspecified atom stereocenters. The molecule has 0 saturated heterocycles. The van der Waals surface area contributed by atoms with E-state index in [1.54, 1.807) is 29.2 Å². The van der Waals surface area contributed by atoms with Crippen molar-refractivity contribution in [3.8, 4) is 5.75 Å². The normalized spacial score (nSPS) is 13.5. The molecule has 4 nitrogen and oxygen atoms in total. The van der Waals surface area contributed by atoms with Crippen LogP contribution in [0.1, 0.15) is 29.3 Å². The summed E-state index contributed by atoms with van der Waals surface area (Å²) < 4.78 is 5.47. The molecule has 23 heavy (non-hydrogen) atoms. The van der Waals surface area contributed by atoms with Crippen molar-refractivity contribution in [2.45, 2.75) is 19.9 Å². The number of carbonyl (C=O) groups is 2. The Morgan fingerprint density at radius 1 is 1.26 bits per heavy atom. The number of nitrogens with zero attached hydrogens (tertiary/aromatic N) is 1. The van der Waals surface area contributed by atoms with Crippen molar-refractivity contribution < 1.29 is 14.3 Å². The average molecular weight is 330 g/mol. The van der Waals surface area contributed by atoms with Crippen molar-refractivity contribution in [2.75, 3.05) is 11.5 Å². The van der Waals surface area contributed by atoms with E-state index >= 15 is 0 Å². The van der Waals surface area contributed by atoms with Gasteiger partial charge in [-0.15, -0.1) is 0 Å². The second-order valence-electron chi connectivity index (χ2n) is 5.32. The fourth-order valence-corrected chi connectivity index (χ4v) is 2.75. The molecule has 1 amide bonds. The summed E-state index contributed by atoms with van der Waals surface area (Å²) in [6.07, 6.45) is 0.415. The summed E-state index contributed by atoms with van der Waals surface area (Å²) in [5, 5.41) is 0.606. The van der Waals surface area contributed by atoms with Gasteiger partial charge in [-0.3, -0.25) is 9.59 Å². The van der Waals surface area contributed by atoms with Crippen molar-refractivity contribution in [1.82, 2.24) is 0 Å². The molecule has 5 heteroatoms.